The van der Waals surface area contributed by atoms with Crippen molar-refractivity contribution in [2.24, 2.45) is 5.92 Å². The van der Waals surface area contributed by atoms with Gasteiger partial charge in [0.05, 0.1) is 6.61 Å². The van der Waals surface area contributed by atoms with Gasteiger partial charge in [-0.1, -0.05) is 58.0 Å². The number of nitrogens with zero attached hydrogens (tertiary/aromatic N) is 1. The topological polar surface area (TPSA) is 101 Å². The maximum atomic E-state index is 13.5. The van der Waals surface area contributed by atoms with E-state index in [1.165, 1.54) is 6.92 Å². The SMILES string of the molecule is CC(=O)O[C@H]1[C@@H]2O[C@H](c3ccccc3)OC[C@H]2O[C@@H](O[Si](C)(C)C(C)(C)C(C)C)[C@@H]1N1C(=O)C(C)=C(C)C1=O. The Kier molecular flexibility index (Phi) is 8.27. The maximum Gasteiger partial charge on any atom is 0.303 e. The van der Waals surface area contributed by atoms with E-state index in [1.807, 2.05) is 30.3 Å². The fourth-order valence-corrected chi connectivity index (χ4v) is 7.69. The maximum absolute atomic E-state index is 13.5. The predicted molar refractivity (Wildman–Crippen MR) is 146 cm³/mol. The highest BCUT2D eigenvalue weighted by atomic mass is 28.4. The molecule has 0 unspecified atom stereocenters. The van der Waals surface area contributed by atoms with Gasteiger partial charge in [-0.2, -0.15) is 0 Å². The summed E-state index contributed by atoms with van der Waals surface area (Å²) in [7, 11) is -2.55. The summed E-state index contributed by atoms with van der Waals surface area (Å²) in [5.41, 5.74) is 1.48. The van der Waals surface area contributed by atoms with Gasteiger partial charge in [0.2, 0.25) is 0 Å². The fraction of sp³-hybridized carbons (Fsp3) is 0.621. The van der Waals surface area contributed by atoms with Crippen molar-refractivity contribution in [2.75, 3.05) is 6.61 Å². The van der Waals surface area contributed by atoms with Crippen LogP contribution in [0.5, 0.6) is 0 Å². The van der Waals surface area contributed by atoms with Crippen LogP contribution in [0.25, 0.3) is 0 Å². The minimum absolute atomic E-state index is 0.155. The van der Waals surface area contributed by atoms with Crippen molar-refractivity contribution < 1.29 is 37.8 Å². The molecule has 0 spiro atoms. The molecule has 10 heteroatoms. The number of hydrogen-bond donors (Lipinski definition) is 0. The number of esters is 1. The van der Waals surface area contributed by atoms with E-state index >= 15 is 0 Å². The molecule has 0 radical (unpaired) electrons. The molecule has 2 fully saturated rings. The first-order chi connectivity index (χ1) is 18.2. The third-order valence-electron chi connectivity index (χ3n) is 9.03. The Morgan fingerprint density at radius 3 is 2.18 bits per heavy atom. The first-order valence-corrected chi connectivity index (χ1v) is 16.5. The molecule has 6 atom stereocenters. The molecule has 214 valence electrons. The molecular weight excluding hydrogens is 518 g/mol. The Hall–Kier alpha value is -2.37. The van der Waals surface area contributed by atoms with Gasteiger partial charge in [-0.05, 0) is 37.9 Å². The molecule has 2 amide bonds. The van der Waals surface area contributed by atoms with E-state index in [2.05, 4.69) is 40.8 Å². The van der Waals surface area contributed by atoms with Crippen LogP contribution in [0.1, 0.15) is 60.3 Å². The summed E-state index contributed by atoms with van der Waals surface area (Å²) >= 11 is 0. The highest BCUT2D eigenvalue weighted by Gasteiger charge is 2.59. The molecule has 0 N–H and O–H groups in total. The van der Waals surface area contributed by atoms with Crippen LogP contribution >= 0.6 is 0 Å². The Morgan fingerprint density at radius 2 is 1.64 bits per heavy atom. The molecule has 0 aromatic heterocycles. The highest BCUT2D eigenvalue weighted by Crippen LogP contribution is 2.47. The van der Waals surface area contributed by atoms with Gasteiger partial charge in [-0.15, -0.1) is 0 Å². The van der Waals surface area contributed by atoms with Crippen molar-refractivity contribution in [2.45, 2.75) is 104 Å². The van der Waals surface area contributed by atoms with Gasteiger partial charge in [0.15, 0.2) is 27.0 Å². The molecule has 2 saturated heterocycles. The average Bonchev–Trinajstić information content (AvgIpc) is 3.06. The number of imide groups is 1. The Morgan fingerprint density at radius 1 is 1.05 bits per heavy atom. The van der Waals surface area contributed by atoms with Crippen LogP contribution in [0, 0.1) is 5.92 Å². The van der Waals surface area contributed by atoms with Crippen molar-refractivity contribution in [1.82, 2.24) is 4.90 Å². The summed E-state index contributed by atoms with van der Waals surface area (Å²) in [6, 6.07) is 8.36. The van der Waals surface area contributed by atoms with E-state index in [1.54, 1.807) is 13.8 Å². The Labute approximate surface area is 231 Å². The molecule has 1 aromatic rings. The largest absolute Gasteiger partial charge is 0.457 e. The molecule has 0 bridgehead atoms. The zero-order valence-corrected chi connectivity index (χ0v) is 25.3. The van der Waals surface area contributed by atoms with Crippen LogP contribution in [0.2, 0.25) is 18.1 Å². The van der Waals surface area contributed by atoms with E-state index in [0.717, 1.165) is 10.5 Å². The third-order valence-corrected chi connectivity index (χ3v) is 13.5. The van der Waals surface area contributed by atoms with Crippen molar-refractivity contribution >= 4 is 26.1 Å². The van der Waals surface area contributed by atoms with E-state index in [-0.39, 0.29) is 11.6 Å². The van der Waals surface area contributed by atoms with Gasteiger partial charge in [0.1, 0.15) is 18.2 Å². The van der Waals surface area contributed by atoms with Crippen molar-refractivity contribution in [3.05, 3.63) is 47.0 Å². The van der Waals surface area contributed by atoms with Crippen molar-refractivity contribution in [3.8, 4) is 0 Å². The zero-order chi connectivity index (χ0) is 28.9. The standard InChI is InChI=1S/C29H41NO8Si/c1-16(2)29(6,7)39(8,9)38-28-22(30-25(32)17(3)18(4)26(30)33)24(35-19(5)31)23-21(36-28)15-34-27(37-23)20-13-11-10-12-14-20/h10-14,16,21-24,27-28H,15H2,1-9H3/t21-,22-,23-,24-,27-,28+/m1/s1. The second-order valence-electron chi connectivity index (χ2n) is 12.0. The normalized spacial score (nSPS) is 30.2. The molecule has 3 aliphatic rings. The van der Waals surface area contributed by atoms with Crippen molar-refractivity contribution in [1.29, 1.82) is 0 Å². The highest BCUT2D eigenvalue weighted by molar-refractivity contribution is 6.74. The summed E-state index contributed by atoms with van der Waals surface area (Å²) in [5.74, 6) is -1.17. The number of carbonyl (C=O) groups is 3. The first-order valence-electron chi connectivity index (χ1n) is 13.5. The van der Waals surface area contributed by atoms with E-state index in [4.69, 9.17) is 23.4 Å². The van der Waals surface area contributed by atoms with Crippen LogP contribution in [0.4, 0.5) is 0 Å². The predicted octanol–water partition coefficient (Wildman–Crippen LogP) is 4.49. The summed E-state index contributed by atoms with van der Waals surface area (Å²) in [6.07, 6.45) is -4.25. The van der Waals surface area contributed by atoms with Gasteiger partial charge >= 0.3 is 5.97 Å². The lowest BCUT2D eigenvalue weighted by molar-refractivity contribution is -0.341. The van der Waals surface area contributed by atoms with Crippen LogP contribution < -0.4 is 0 Å². The lowest BCUT2D eigenvalue weighted by atomic mass is 9.94. The van der Waals surface area contributed by atoms with Gasteiger partial charge in [0.25, 0.3) is 11.8 Å². The fourth-order valence-electron chi connectivity index (χ4n) is 5.22. The molecule has 9 nitrogen and oxygen atoms in total. The van der Waals surface area contributed by atoms with Crippen molar-refractivity contribution in [3.63, 3.8) is 0 Å². The number of benzene rings is 1. The monoisotopic (exact) mass is 559 g/mol. The summed E-state index contributed by atoms with van der Waals surface area (Å²) in [6.45, 7) is 17.5. The smallest absolute Gasteiger partial charge is 0.303 e. The van der Waals surface area contributed by atoms with E-state index in [0.29, 0.717) is 17.1 Å². The number of amides is 2. The quantitative estimate of drug-likeness (QED) is 0.274. The molecule has 4 rings (SSSR count). The minimum Gasteiger partial charge on any atom is -0.457 e. The number of hydrogen-bond acceptors (Lipinski definition) is 8. The average molecular weight is 560 g/mol. The zero-order valence-electron chi connectivity index (χ0n) is 24.3. The molecule has 0 aliphatic carbocycles. The lowest BCUT2D eigenvalue weighted by Gasteiger charge is -2.53. The van der Waals surface area contributed by atoms with Crippen LogP contribution in [0.15, 0.2) is 41.5 Å². The second kappa shape index (κ2) is 10.9. The molecule has 39 heavy (non-hydrogen) atoms. The Balaban J connectivity index is 1.77. The summed E-state index contributed by atoms with van der Waals surface area (Å²) in [4.78, 5) is 40.5. The third kappa shape index (κ3) is 5.37. The Bertz CT molecular complexity index is 1120. The van der Waals surface area contributed by atoms with Crippen LogP contribution in [-0.2, 0) is 37.8 Å². The second-order valence-corrected chi connectivity index (χ2v) is 16.6. The van der Waals surface area contributed by atoms with Crippen LogP contribution in [0.3, 0.4) is 0 Å². The molecule has 1 aromatic carbocycles. The van der Waals surface area contributed by atoms with Gasteiger partial charge in [0, 0.05) is 23.6 Å². The van der Waals surface area contributed by atoms with E-state index < -0.39 is 63.0 Å². The number of rotatable bonds is 7. The number of fused-ring (bicyclic) bond motifs is 1. The molecule has 0 saturated carbocycles. The molecule has 3 aliphatic heterocycles. The summed E-state index contributed by atoms with van der Waals surface area (Å²) in [5, 5.41) is -0.185. The molecular formula is C29H41NO8Si. The minimum atomic E-state index is -2.55. The number of carbonyl (C=O) groups excluding carboxylic acids is 3. The van der Waals surface area contributed by atoms with Gasteiger partial charge in [-0.25, -0.2) is 0 Å². The summed E-state index contributed by atoms with van der Waals surface area (Å²) < 4.78 is 31.6. The number of ether oxygens (including phenoxy) is 4. The van der Waals surface area contributed by atoms with Gasteiger partial charge in [-0.3, -0.25) is 19.3 Å². The molecule has 3 heterocycles. The van der Waals surface area contributed by atoms with E-state index in [9.17, 15) is 14.4 Å². The lowest BCUT2D eigenvalue weighted by Crippen LogP contribution is -2.70. The van der Waals surface area contributed by atoms with Crippen LogP contribution in [-0.4, -0.2) is 68.3 Å². The van der Waals surface area contributed by atoms with Gasteiger partial charge < -0.3 is 23.4 Å². The first kappa shape index (κ1) is 29.6.